The number of nitro groups is 1. The lowest BCUT2D eigenvalue weighted by Crippen LogP contribution is -2.33. The maximum atomic E-state index is 12.2. The largest absolute Gasteiger partial charge is 0.339 e. The molecular formula is C14H16ClN3O4. The summed E-state index contributed by atoms with van der Waals surface area (Å²) in [7, 11) is 0. The van der Waals surface area contributed by atoms with Crippen LogP contribution in [0.25, 0.3) is 0 Å². The lowest BCUT2D eigenvalue weighted by molar-refractivity contribution is -0.384. The molecule has 2 rings (SSSR count). The highest BCUT2D eigenvalue weighted by Gasteiger charge is 2.35. The lowest BCUT2D eigenvalue weighted by Gasteiger charge is -2.20. The van der Waals surface area contributed by atoms with Gasteiger partial charge in [-0.15, -0.1) is 0 Å². The SMILES string of the molecule is CC(C)N1C[C@H](C(=O)Nc2ccc(Cl)c([N+](=O)[O-])c2)CC1=O. The Morgan fingerprint density at radius 2 is 2.18 bits per heavy atom. The normalized spacial score (nSPS) is 17.9. The minimum Gasteiger partial charge on any atom is -0.339 e. The van der Waals surface area contributed by atoms with Crippen LogP contribution in [-0.2, 0) is 9.59 Å². The minimum absolute atomic E-state index is 0.00465. The van der Waals surface area contributed by atoms with Crippen LogP contribution in [0, 0.1) is 16.0 Å². The number of carbonyl (C=O) groups excluding carboxylic acids is 2. The van der Waals surface area contributed by atoms with Crippen molar-refractivity contribution in [2.24, 2.45) is 5.92 Å². The van der Waals surface area contributed by atoms with E-state index in [2.05, 4.69) is 5.32 Å². The Balaban J connectivity index is 2.09. The second-order valence-corrected chi connectivity index (χ2v) is 5.86. The second kappa shape index (κ2) is 6.31. The van der Waals surface area contributed by atoms with Gasteiger partial charge in [0.25, 0.3) is 5.69 Å². The smallest absolute Gasteiger partial charge is 0.289 e. The number of likely N-dealkylation sites (tertiary alicyclic amines) is 1. The van der Waals surface area contributed by atoms with Crippen molar-refractivity contribution < 1.29 is 14.5 Å². The van der Waals surface area contributed by atoms with Gasteiger partial charge in [-0.25, -0.2) is 0 Å². The molecule has 1 atom stereocenters. The molecule has 1 fully saturated rings. The third-order valence-electron chi connectivity index (χ3n) is 3.56. The Bertz CT molecular complexity index is 633. The highest BCUT2D eigenvalue weighted by molar-refractivity contribution is 6.32. The molecule has 1 aliphatic heterocycles. The van der Waals surface area contributed by atoms with Gasteiger partial charge in [-0.3, -0.25) is 19.7 Å². The number of benzene rings is 1. The molecule has 2 amide bonds. The molecule has 1 N–H and O–H groups in total. The molecule has 1 saturated heterocycles. The molecule has 0 aromatic heterocycles. The van der Waals surface area contributed by atoms with Gasteiger partial charge in [0.1, 0.15) is 5.02 Å². The number of amides is 2. The van der Waals surface area contributed by atoms with E-state index in [0.717, 1.165) is 0 Å². The van der Waals surface area contributed by atoms with Crippen LogP contribution in [-0.4, -0.2) is 34.2 Å². The van der Waals surface area contributed by atoms with Crippen LogP contribution in [0.5, 0.6) is 0 Å². The maximum Gasteiger partial charge on any atom is 0.289 e. The predicted octanol–water partition coefficient (Wildman–Crippen LogP) is 2.44. The van der Waals surface area contributed by atoms with E-state index in [0.29, 0.717) is 6.54 Å². The Hall–Kier alpha value is -2.15. The first kappa shape index (κ1) is 16.2. The Morgan fingerprint density at radius 1 is 1.50 bits per heavy atom. The van der Waals surface area contributed by atoms with Crippen LogP contribution in [0.15, 0.2) is 18.2 Å². The second-order valence-electron chi connectivity index (χ2n) is 5.45. The van der Waals surface area contributed by atoms with Crippen LogP contribution in [0.1, 0.15) is 20.3 Å². The zero-order valence-corrected chi connectivity index (χ0v) is 13.0. The van der Waals surface area contributed by atoms with Gasteiger partial charge in [-0.2, -0.15) is 0 Å². The van der Waals surface area contributed by atoms with E-state index in [-0.39, 0.29) is 40.7 Å². The molecule has 0 unspecified atom stereocenters. The third kappa shape index (κ3) is 3.36. The summed E-state index contributed by atoms with van der Waals surface area (Å²) < 4.78 is 0. The van der Waals surface area contributed by atoms with E-state index in [4.69, 9.17) is 11.6 Å². The highest BCUT2D eigenvalue weighted by Crippen LogP contribution is 2.28. The maximum absolute atomic E-state index is 12.2. The van der Waals surface area contributed by atoms with Crippen LogP contribution >= 0.6 is 11.6 Å². The molecule has 8 heteroatoms. The van der Waals surface area contributed by atoms with E-state index in [1.165, 1.54) is 18.2 Å². The minimum atomic E-state index is -0.614. The molecule has 0 radical (unpaired) electrons. The molecule has 0 aliphatic carbocycles. The van der Waals surface area contributed by atoms with Crippen molar-refractivity contribution in [2.45, 2.75) is 26.3 Å². The van der Waals surface area contributed by atoms with Gasteiger partial charge in [0, 0.05) is 30.8 Å². The summed E-state index contributed by atoms with van der Waals surface area (Å²) in [5, 5.41) is 13.4. The molecule has 7 nitrogen and oxygen atoms in total. The molecule has 1 aromatic carbocycles. The van der Waals surface area contributed by atoms with Crippen molar-refractivity contribution in [2.75, 3.05) is 11.9 Å². The number of rotatable bonds is 4. The quantitative estimate of drug-likeness (QED) is 0.679. The van der Waals surface area contributed by atoms with E-state index in [9.17, 15) is 19.7 Å². The average molecular weight is 326 g/mol. The van der Waals surface area contributed by atoms with Crippen molar-refractivity contribution in [3.8, 4) is 0 Å². The van der Waals surface area contributed by atoms with Crippen molar-refractivity contribution >= 4 is 34.8 Å². The van der Waals surface area contributed by atoms with Gasteiger partial charge in [0.05, 0.1) is 10.8 Å². The Labute approximate surface area is 132 Å². The summed E-state index contributed by atoms with van der Waals surface area (Å²) in [6, 6.07) is 4.10. The van der Waals surface area contributed by atoms with Crippen molar-refractivity contribution in [3.05, 3.63) is 33.3 Å². The van der Waals surface area contributed by atoms with Crippen LogP contribution in [0.2, 0.25) is 5.02 Å². The number of hydrogen-bond acceptors (Lipinski definition) is 4. The topological polar surface area (TPSA) is 92.6 Å². The first-order valence-electron chi connectivity index (χ1n) is 6.84. The summed E-state index contributed by atoms with van der Waals surface area (Å²) in [4.78, 5) is 35.9. The first-order chi connectivity index (χ1) is 10.3. The van der Waals surface area contributed by atoms with E-state index in [1.807, 2.05) is 13.8 Å². The van der Waals surface area contributed by atoms with Gasteiger partial charge in [-0.1, -0.05) is 11.6 Å². The molecule has 0 spiro atoms. The van der Waals surface area contributed by atoms with Crippen LogP contribution < -0.4 is 5.32 Å². The fourth-order valence-corrected chi connectivity index (χ4v) is 2.57. The zero-order chi connectivity index (χ0) is 16.4. The van der Waals surface area contributed by atoms with Gasteiger partial charge in [0.15, 0.2) is 0 Å². The number of nitro benzene ring substituents is 1. The van der Waals surface area contributed by atoms with Crippen molar-refractivity contribution in [3.63, 3.8) is 0 Å². The molecule has 0 saturated carbocycles. The fraction of sp³-hybridized carbons (Fsp3) is 0.429. The first-order valence-corrected chi connectivity index (χ1v) is 7.21. The lowest BCUT2D eigenvalue weighted by atomic mass is 10.1. The summed E-state index contributed by atoms with van der Waals surface area (Å²) in [6.45, 7) is 4.14. The molecular weight excluding hydrogens is 310 g/mol. The van der Waals surface area contributed by atoms with Crippen molar-refractivity contribution in [1.82, 2.24) is 4.90 Å². The molecule has 0 bridgehead atoms. The van der Waals surface area contributed by atoms with Crippen molar-refractivity contribution in [1.29, 1.82) is 0 Å². The summed E-state index contributed by atoms with van der Waals surface area (Å²) in [5.41, 5.74) is 0.0160. The van der Waals surface area contributed by atoms with Gasteiger partial charge >= 0.3 is 0 Å². The predicted molar refractivity (Wildman–Crippen MR) is 81.7 cm³/mol. The van der Waals surface area contributed by atoms with Crippen LogP contribution in [0.4, 0.5) is 11.4 Å². The number of hydrogen-bond donors (Lipinski definition) is 1. The number of anilines is 1. The van der Waals surface area contributed by atoms with E-state index < -0.39 is 10.8 Å². The number of nitrogens with zero attached hydrogens (tertiary/aromatic N) is 2. The summed E-state index contributed by atoms with van der Waals surface area (Å²) in [6.07, 6.45) is 0.152. The fourth-order valence-electron chi connectivity index (χ4n) is 2.38. The summed E-state index contributed by atoms with van der Waals surface area (Å²) in [5.74, 6) is -0.838. The number of carbonyl (C=O) groups is 2. The highest BCUT2D eigenvalue weighted by atomic mass is 35.5. The number of nitrogens with one attached hydrogen (secondary N) is 1. The van der Waals surface area contributed by atoms with E-state index in [1.54, 1.807) is 4.90 Å². The molecule has 118 valence electrons. The van der Waals surface area contributed by atoms with E-state index >= 15 is 0 Å². The number of halogens is 1. The standard InChI is InChI=1S/C14H16ClN3O4/c1-8(2)17-7-9(5-13(17)19)14(20)16-10-3-4-11(15)12(6-10)18(21)22/h3-4,6,8-9H,5,7H2,1-2H3,(H,16,20)/t9-/m1/s1. The Kier molecular flexibility index (Phi) is 4.65. The molecule has 22 heavy (non-hydrogen) atoms. The zero-order valence-electron chi connectivity index (χ0n) is 12.2. The average Bonchev–Trinajstić information content (AvgIpc) is 2.83. The Morgan fingerprint density at radius 3 is 2.73 bits per heavy atom. The van der Waals surface area contributed by atoms with Crippen LogP contribution in [0.3, 0.4) is 0 Å². The molecule has 1 heterocycles. The third-order valence-corrected chi connectivity index (χ3v) is 3.88. The van der Waals surface area contributed by atoms with Gasteiger partial charge in [-0.05, 0) is 26.0 Å². The molecule has 1 aliphatic rings. The van der Waals surface area contributed by atoms with Gasteiger partial charge in [0.2, 0.25) is 11.8 Å². The summed E-state index contributed by atoms with van der Waals surface area (Å²) >= 11 is 5.72. The monoisotopic (exact) mass is 325 g/mol. The van der Waals surface area contributed by atoms with Gasteiger partial charge < -0.3 is 10.2 Å². The molecule has 1 aromatic rings.